The molecule has 2 rings (SSSR count). The van der Waals surface area contributed by atoms with Crippen LogP contribution in [0.3, 0.4) is 0 Å². The van der Waals surface area contributed by atoms with Gasteiger partial charge < -0.3 is 5.73 Å². The maximum Gasteiger partial charge on any atom is 0.163 e. The van der Waals surface area contributed by atoms with E-state index in [4.69, 9.17) is 5.73 Å². The molecule has 1 saturated carbocycles. The Kier molecular flexibility index (Phi) is 4.70. The van der Waals surface area contributed by atoms with Crippen molar-refractivity contribution in [2.24, 2.45) is 11.7 Å². The van der Waals surface area contributed by atoms with E-state index in [1.807, 2.05) is 0 Å². The summed E-state index contributed by atoms with van der Waals surface area (Å²) in [6.07, 6.45) is 8.17. The highest BCUT2D eigenvalue weighted by Crippen LogP contribution is 2.31. The fourth-order valence-corrected chi connectivity index (χ4v) is 2.89. The Hall–Kier alpha value is -0.960. The normalized spacial score (nSPS) is 19.5. The van der Waals surface area contributed by atoms with Crippen LogP contribution in [0.1, 0.15) is 56.6 Å². The molecule has 3 heteroatoms. The molecule has 1 aromatic rings. The monoisotopic (exact) mass is 253 g/mol. The van der Waals surface area contributed by atoms with Crippen molar-refractivity contribution in [3.63, 3.8) is 0 Å². The maximum absolute atomic E-state index is 13.6. The highest BCUT2D eigenvalue weighted by Gasteiger charge is 2.20. The van der Waals surface area contributed by atoms with Crippen LogP contribution in [0.2, 0.25) is 0 Å². The fraction of sp³-hybridized carbons (Fsp3) is 0.600. The van der Waals surface area contributed by atoms with E-state index in [0.29, 0.717) is 11.5 Å². The molecule has 2 N–H and O–H groups in total. The second kappa shape index (κ2) is 6.28. The van der Waals surface area contributed by atoms with Crippen LogP contribution in [0.4, 0.5) is 8.78 Å². The molecule has 1 nitrogen and oxygen atoms in total. The smallest absolute Gasteiger partial charge is 0.163 e. The summed E-state index contributed by atoms with van der Waals surface area (Å²) in [6, 6.07) is 3.88. The quantitative estimate of drug-likeness (QED) is 0.797. The van der Waals surface area contributed by atoms with E-state index in [9.17, 15) is 8.78 Å². The van der Waals surface area contributed by atoms with E-state index in [1.165, 1.54) is 44.6 Å². The lowest BCUT2D eigenvalue weighted by atomic mass is 9.90. The van der Waals surface area contributed by atoms with Gasteiger partial charge in [-0.1, -0.05) is 50.7 Å². The van der Waals surface area contributed by atoms with Crippen LogP contribution in [0.25, 0.3) is 0 Å². The molecule has 1 aliphatic carbocycles. The first-order chi connectivity index (χ1) is 8.68. The van der Waals surface area contributed by atoms with E-state index >= 15 is 0 Å². The predicted molar refractivity (Wildman–Crippen MR) is 69.1 cm³/mol. The van der Waals surface area contributed by atoms with Crippen molar-refractivity contribution in [2.45, 2.75) is 51.0 Å². The molecule has 18 heavy (non-hydrogen) atoms. The maximum atomic E-state index is 13.6. The summed E-state index contributed by atoms with van der Waals surface area (Å²) in [6.45, 7) is 0. The first kappa shape index (κ1) is 13.5. The lowest BCUT2D eigenvalue weighted by Gasteiger charge is -2.20. The van der Waals surface area contributed by atoms with Gasteiger partial charge in [0.1, 0.15) is 0 Å². The minimum atomic E-state index is -0.802. The van der Waals surface area contributed by atoms with Crippen molar-refractivity contribution in [2.75, 3.05) is 0 Å². The molecule has 1 unspecified atom stereocenters. The van der Waals surface area contributed by atoms with Gasteiger partial charge >= 0.3 is 0 Å². The molecular weight excluding hydrogens is 232 g/mol. The second-order valence-corrected chi connectivity index (χ2v) is 5.34. The molecule has 0 aliphatic heterocycles. The zero-order valence-corrected chi connectivity index (χ0v) is 10.7. The van der Waals surface area contributed by atoms with Crippen LogP contribution < -0.4 is 5.73 Å². The second-order valence-electron chi connectivity index (χ2n) is 5.34. The lowest BCUT2D eigenvalue weighted by Crippen LogP contribution is -2.17. The predicted octanol–water partition coefficient (Wildman–Crippen LogP) is 4.33. The SMILES string of the molecule is NC(CC1CCCCCC1)c1cccc(F)c1F. The third-order valence-electron chi connectivity index (χ3n) is 3.94. The first-order valence-corrected chi connectivity index (χ1v) is 6.88. The molecule has 0 amide bonds. The highest BCUT2D eigenvalue weighted by atomic mass is 19.2. The van der Waals surface area contributed by atoms with Crippen molar-refractivity contribution in [1.82, 2.24) is 0 Å². The summed E-state index contributed by atoms with van der Waals surface area (Å²) >= 11 is 0. The molecule has 1 aromatic carbocycles. The molecule has 0 spiro atoms. The van der Waals surface area contributed by atoms with E-state index < -0.39 is 11.6 Å². The summed E-state index contributed by atoms with van der Waals surface area (Å²) in [5.41, 5.74) is 6.36. The summed E-state index contributed by atoms with van der Waals surface area (Å²) in [5.74, 6) is -1.02. The van der Waals surface area contributed by atoms with Gasteiger partial charge in [-0.15, -0.1) is 0 Å². The number of hydrogen-bond acceptors (Lipinski definition) is 1. The Balaban J connectivity index is 2.02. The van der Waals surface area contributed by atoms with Crippen LogP contribution in [0, 0.1) is 17.6 Å². The Morgan fingerprint density at radius 2 is 1.78 bits per heavy atom. The third kappa shape index (κ3) is 3.29. The number of halogens is 2. The third-order valence-corrected chi connectivity index (χ3v) is 3.94. The molecule has 0 saturated heterocycles. The number of rotatable bonds is 3. The van der Waals surface area contributed by atoms with Crippen molar-refractivity contribution in [1.29, 1.82) is 0 Å². The highest BCUT2D eigenvalue weighted by molar-refractivity contribution is 5.22. The Morgan fingerprint density at radius 3 is 2.44 bits per heavy atom. The van der Waals surface area contributed by atoms with Gasteiger partial charge in [0.15, 0.2) is 11.6 Å². The summed E-state index contributed by atoms with van der Waals surface area (Å²) < 4.78 is 26.8. The van der Waals surface area contributed by atoms with Gasteiger partial charge in [-0.05, 0) is 18.4 Å². The van der Waals surface area contributed by atoms with Crippen molar-refractivity contribution in [3.8, 4) is 0 Å². The molecule has 1 fully saturated rings. The Morgan fingerprint density at radius 1 is 1.11 bits per heavy atom. The number of hydrogen-bond donors (Lipinski definition) is 1. The van der Waals surface area contributed by atoms with Gasteiger partial charge in [0.25, 0.3) is 0 Å². The van der Waals surface area contributed by atoms with E-state index in [0.717, 1.165) is 12.5 Å². The topological polar surface area (TPSA) is 26.0 Å². The molecule has 1 atom stereocenters. The van der Waals surface area contributed by atoms with Gasteiger partial charge in [-0.2, -0.15) is 0 Å². The Bertz CT molecular complexity index is 384. The zero-order valence-electron chi connectivity index (χ0n) is 10.7. The molecule has 0 bridgehead atoms. The van der Waals surface area contributed by atoms with Gasteiger partial charge in [-0.25, -0.2) is 8.78 Å². The van der Waals surface area contributed by atoms with Crippen molar-refractivity contribution < 1.29 is 8.78 Å². The minimum Gasteiger partial charge on any atom is -0.324 e. The average Bonchev–Trinajstić information content (AvgIpc) is 2.61. The molecule has 0 aromatic heterocycles. The summed E-state index contributed by atoms with van der Waals surface area (Å²) in [7, 11) is 0. The van der Waals surface area contributed by atoms with E-state index in [2.05, 4.69) is 0 Å². The molecule has 1 aliphatic rings. The lowest BCUT2D eigenvalue weighted by molar-refractivity contribution is 0.383. The van der Waals surface area contributed by atoms with Crippen LogP contribution in [-0.2, 0) is 0 Å². The van der Waals surface area contributed by atoms with Crippen LogP contribution >= 0.6 is 0 Å². The molecule has 0 radical (unpaired) electrons. The number of nitrogens with two attached hydrogens (primary N) is 1. The van der Waals surface area contributed by atoms with Gasteiger partial charge in [-0.3, -0.25) is 0 Å². The van der Waals surface area contributed by atoms with Gasteiger partial charge in [0, 0.05) is 11.6 Å². The average molecular weight is 253 g/mol. The minimum absolute atomic E-state index is 0.319. The van der Waals surface area contributed by atoms with E-state index in [1.54, 1.807) is 6.07 Å². The largest absolute Gasteiger partial charge is 0.324 e. The standard InChI is InChI=1S/C15H21F2N/c16-13-9-5-8-12(15(13)17)14(18)10-11-6-3-1-2-4-7-11/h5,8-9,11,14H,1-4,6-7,10,18H2. The molecule has 100 valence electrons. The summed E-state index contributed by atoms with van der Waals surface area (Å²) in [4.78, 5) is 0. The van der Waals surface area contributed by atoms with Crippen LogP contribution in [0.5, 0.6) is 0 Å². The zero-order chi connectivity index (χ0) is 13.0. The molecule has 0 heterocycles. The molecular formula is C15H21F2N. The van der Waals surface area contributed by atoms with Gasteiger partial charge in [0.2, 0.25) is 0 Å². The number of benzene rings is 1. The van der Waals surface area contributed by atoms with Crippen molar-refractivity contribution >= 4 is 0 Å². The summed E-state index contributed by atoms with van der Waals surface area (Å²) in [5, 5.41) is 0. The van der Waals surface area contributed by atoms with Crippen LogP contribution in [-0.4, -0.2) is 0 Å². The van der Waals surface area contributed by atoms with Gasteiger partial charge in [0.05, 0.1) is 0 Å². The van der Waals surface area contributed by atoms with Crippen molar-refractivity contribution in [3.05, 3.63) is 35.4 Å². The van der Waals surface area contributed by atoms with E-state index in [-0.39, 0.29) is 6.04 Å². The Labute approximate surface area is 107 Å². The van der Waals surface area contributed by atoms with Crippen LogP contribution in [0.15, 0.2) is 18.2 Å². The fourth-order valence-electron chi connectivity index (χ4n) is 2.89. The first-order valence-electron chi connectivity index (χ1n) is 6.88.